The van der Waals surface area contributed by atoms with Gasteiger partial charge in [0.05, 0.1) is 0 Å². The largest absolute Gasteiger partial charge is 0.321 e. The highest BCUT2D eigenvalue weighted by molar-refractivity contribution is 7.17. The second-order valence-corrected chi connectivity index (χ2v) is 5.15. The molecule has 0 radical (unpaired) electrons. The molecule has 0 aliphatic heterocycles. The summed E-state index contributed by atoms with van der Waals surface area (Å²) in [7, 11) is 0. The third kappa shape index (κ3) is 2.59. The van der Waals surface area contributed by atoms with Crippen LogP contribution in [0.25, 0.3) is 10.1 Å². The lowest BCUT2D eigenvalue weighted by Gasteiger charge is -2.10. The number of thiophene rings is 1. The van der Waals surface area contributed by atoms with E-state index in [9.17, 15) is 4.39 Å². The van der Waals surface area contributed by atoms with E-state index in [-0.39, 0.29) is 5.82 Å². The first-order valence-corrected chi connectivity index (χ1v) is 6.91. The van der Waals surface area contributed by atoms with E-state index < -0.39 is 0 Å². The van der Waals surface area contributed by atoms with Crippen LogP contribution in [0.3, 0.4) is 0 Å². The summed E-state index contributed by atoms with van der Waals surface area (Å²) in [6.45, 7) is 0.439. The summed E-state index contributed by atoms with van der Waals surface area (Å²) in [6, 6.07) is 15.1. The van der Waals surface area contributed by atoms with Gasteiger partial charge in [-0.25, -0.2) is 9.82 Å². The van der Waals surface area contributed by atoms with Gasteiger partial charge in [0.2, 0.25) is 0 Å². The van der Waals surface area contributed by atoms with E-state index >= 15 is 0 Å². The molecule has 1 heterocycles. The maximum Gasteiger partial charge on any atom is 0.128 e. The molecule has 96 valence electrons. The van der Waals surface area contributed by atoms with Crippen LogP contribution in [-0.2, 0) is 6.54 Å². The predicted molar refractivity (Wildman–Crippen MR) is 78.7 cm³/mol. The van der Waals surface area contributed by atoms with Gasteiger partial charge in [0.25, 0.3) is 0 Å². The van der Waals surface area contributed by atoms with Crippen LogP contribution in [0.4, 0.5) is 10.1 Å². The second-order valence-electron chi connectivity index (χ2n) is 4.20. The molecule has 0 atom stereocenters. The van der Waals surface area contributed by atoms with Crippen LogP contribution >= 0.6 is 11.3 Å². The Morgan fingerprint density at radius 2 is 1.84 bits per heavy atom. The summed E-state index contributed by atoms with van der Waals surface area (Å²) in [6.07, 6.45) is 0. The number of fused-ring (bicyclic) bond motifs is 1. The number of halogens is 1. The average Bonchev–Trinajstić information content (AvgIpc) is 2.91. The van der Waals surface area contributed by atoms with E-state index in [1.165, 1.54) is 6.07 Å². The van der Waals surface area contributed by atoms with E-state index in [2.05, 4.69) is 10.9 Å². The Hall–Kier alpha value is -1.91. The molecule has 0 aliphatic carbocycles. The third-order valence-corrected chi connectivity index (χ3v) is 3.84. The van der Waals surface area contributed by atoms with Crippen molar-refractivity contribution < 1.29 is 4.39 Å². The number of hydrogen-bond acceptors (Lipinski definition) is 3. The smallest absolute Gasteiger partial charge is 0.128 e. The summed E-state index contributed by atoms with van der Waals surface area (Å²) in [5.41, 5.74) is 7.77. The molecule has 3 rings (SSSR count). The molecule has 2 N–H and O–H groups in total. The molecular weight excluding hydrogens is 259 g/mol. The van der Waals surface area contributed by atoms with Gasteiger partial charge in [-0.2, -0.15) is 0 Å². The highest BCUT2D eigenvalue weighted by Crippen LogP contribution is 2.26. The van der Waals surface area contributed by atoms with Gasteiger partial charge in [-0.1, -0.05) is 18.2 Å². The van der Waals surface area contributed by atoms with Crippen molar-refractivity contribution in [1.29, 1.82) is 0 Å². The van der Waals surface area contributed by atoms with Gasteiger partial charge in [0.15, 0.2) is 0 Å². The first-order valence-electron chi connectivity index (χ1n) is 6.03. The molecule has 19 heavy (non-hydrogen) atoms. The van der Waals surface area contributed by atoms with Gasteiger partial charge in [-0.3, -0.25) is 0 Å². The first kappa shape index (κ1) is 12.1. The molecule has 2 aromatic carbocycles. The average molecular weight is 272 g/mol. The highest BCUT2D eigenvalue weighted by Gasteiger charge is 2.07. The molecule has 0 bridgehead atoms. The zero-order chi connectivity index (χ0) is 13.1. The number of rotatable bonds is 4. The second kappa shape index (κ2) is 5.38. The fourth-order valence-corrected chi connectivity index (χ4v) is 2.83. The van der Waals surface area contributed by atoms with Crippen LogP contribution in [-0.4, -0.2) is 0 Å². The van der Waals surface area contributed by atoms with Crippen molar-refractivity contribution in [3.05, 3.63) is 65.3 Å². The van der Waals surface area contributed by atoms with Crippen LogP contribution < -0.4 is 10.9 Å². The lowest BCUT2D eigenvalue weighted by atomic mass is 10.1. The minimum Gasteiger partial charge on any atom is -0.321 e. The zero-order valence-electron chi connectivity index (χ0n) is 10.2. The Bertz CT molecular complexity index is 679. The quantitative estimate of drug-likeness (QED) is 0.697. The van der Waals surface area contributed by atoms with Crippen molar-refractivity contribution in [2.24, 2.45) is 0 Å². The van der Waals surface area contributed by atoms with Gasteiger partial charge >= 0.3 is 0 Å². The van der Waals surface area contributed by atoms with Gasteiger partial charge in [-0.15, -0.1) is 11.3 Å². The monoisotopic (exact) mass is 272 g/mol. The molecule has 0 amide bonds. The minimum absolute atomic E-state index is 0.173. The number of hydrogen-bond donors (Lipinski definition) is 2. The number of anilines is 1. The maximum atomic E-state index is 13.9. The van der Waals surface area contributed by atoms with E-state index in [4.69, 9.17) is 0 Å². The zero-order valence-corrected chi connectivity index (χ0v) is 11.0. The molecule has 0 unspecified atom stereocenters. The molecule has 0 saturated carbocycles. The fourth-order valence-electron chi connectivity index (χ4n) is 2.01. The maximum absolute atomic E-state index is 13.9. The van der Waals surface area contributed by atoms with Crippen molar-refractivity contribution in [3.8, 4) is 0 Å². The van der Waals surface area contributed by atoms with E-state index in [1.54, 1.807) is 11.3 Å². The van der Waals surface area contributed by atoms with Crippen molar-refractivity contribution in [2.45, 2.75) is 6.54 Å². The van der Waals surface area contributed by atoms with Crippen molar-refractivity contribution >= 4 is 27.1 Å². The van der Waals surface area contributed by atoms with Crippen LogP contribution in [0.2, 0.25) is 0 Å². The summed E-state index contributed by atoms with van der Waals surface area (Å²) in [5.74, 6) is -0.173. The number of para-hydroxylation sites is 1. The van der Waals surface area contributed by atoms with Crippen molar-refractivity contribution in [1.82, 2.24) is 5.43 Å². The lowest BCUT2D eigenvalue weighted by molar-refractivity contribution is 0.604. The van der Waals surface area contributed by atoms with E-state index in [0.29, 0.717) is 12.1 Å². The Balaban J connectivity index is 1.75. The lowest BCUT2D eigenvalue weighted by Crippen LogP contribution is -2.21. The summed E-state index contributed by atoms with van der Waals surface area (Å²) < 4.78 is 15.0. The Kier molecular flexibility index (Phi) is 3.44. The van der Waals surface area contributed by atoms with Crippen LogP contribution in [0.15, 0.2) is 53.9 Å². The molecule has 2 nitrogen and oxygen atoms in total. The number of hydrazine groups is 1. The third-order valence-electron chi connectivity index (χ3n) is 2.96. The van der Waals surface area contributed by atoms with Gasteiger partial charge < -0.3 is 5.43 Å². The summed E-state index contributed by atoms with van der Waals surface area (Å²) in [4.78, 5) is 0. The molecular formula is C15H13FN2S. The van der Waals surface area contributed by atoms with Gasteiger partial charge in [0.1, 0.15) is 5.82 Å². The SMILES string of the molecule is Fc1ccc2sccc2c1CNNc1ccccc1. The summed E-state index contributed by atoms with van der Waals surface area (Å²) >= 11 is 1.63. The van der Waals surface area contributed by atoms with Crippen LogP contribution in [0.5, 0.6) is 0 Å². The van der Waals surface area contributed by atoms with Crippen molar-refractivity contribution in [2.75, 3.05) is 5.43 Å². The van der Waals surface area contributed by atoms with Gasteiger partial charge in [-0.05, 0) is 41.1 Å². The van der Waals surface area contributed by atoms with E-state index in [1.807, 2.05) is 47.8 Å². The van der Waals surface area contributed by atoms with Gasteiger partial charge in [0, 0.05) is 22.5 Å². The molecule has 4 heteroatoms. The van der Waals surface area contributed by atoms with E-state index in [0.717, 1.165) is 15.8 Å². The Morgan fingerprint density at radius 1 is 1.00 bits per heavy atom. The molecule has 0 spiro atoms. The number of nitrogens with one attached hydrogen (secondary N) is 2. The topological polar surface area (TPSA) is 24.1 Å². The fraction of sp³-hybridized carbons (Fsp3) is 0.0667. The summed E-state index contributed by atoms with van der Waals surface area (Å²) in [5, 5.41) is 2.96. The van der Waals surface area contributed by atoms with Crippen molar-refractivity contribution in [3.63, 3.8) is 0 Å². The molecule has 0 fully saturated rings. The Labute approximate surface area is 114 Å². The predicted octanol–water partition coefficient (Wildman–Crippen LogP) is 4.16. The molecule has 0 aliphatic rings. The Morgan fingerprint density at radius 3 is 2.68 bits per heavy atom. The molecule has 3 aromatic rings. The van der Waals surface area contributed by atoms with Crippen LogP contribution in [0, 0.1) is 5.82 Å². The molecule has 0 saturated heterocycles. The molecule has 1 aromatic heterocycles. The first-order chi connectivity index (χ1) is 9.34. The standard InChI is InChI=1S/C15H13FN2S/c16-14-6-7-15-12(8-9-19-15)13(14)10-17-18-11-4-2-1-3-5-11/h1-9,17-18H,10H2. The number of benzene rings is 2. The minimum atomic E-state index is -0.173. The normalized spacial score (nSPS) is 10.8. The van der Waals surface area contributed by atoms with Crippen LogP contribution in [0.1, 0.15) is 5.56 Å². The highest BCUT2D eigenvalue weighted by atomic mass is 32.1.